The van der Waals surface area contributed by atoms with Crippen LogP contribution < -0.4 is 0 Å². The van der Waals surface area contributed by atoms with E-state index in [1.807, 2.05) is 24.3 Å². The van der Waals surface area contributed by atoms with Crippen LogP contribution in [0, 0.1) is 0 Å². The topological polar surface area (TPSA) is 36.3 Å². The van der Waals surface area contributed by atoms with Gasteiger partial charge in [0, 0.05) is 48.4 Å². The average Bonchev–Trinajstić information content (AvgIpc) is 3.26. The van der Waals surface area contributed by atoms with Crippen molar-refractivity contribution in [2.45, 2.75) is 35.8 Å². The fourth-order valence-corrected chi connectivity index (χ4v) is 3.24. The molecule has 0 aliphatic heterocycles. The molecule has 4 nitrogen and oxygen atoms in total. The zero-order valence-electron chi connectivity index (χ0n) is 12.4. The van der Waals surface area contributed by atoms with Crippen LogP contribution in [0.4, 0.5) is 0 Å². The first-order chi connectivity index (χ1) is 10.3. The van der Waals surface area contributed by atoms with Crippen molar-refractivity contribution in [3.63, 3.8) is 0 Å². The van der Waals surface area contributed by atoms with Gasteiger partial charge < -0.3 is 14.0 Å². The number of thioether (sulfide) groups is 1. The van der Waals surface area contributed by atoms with E-state index >= 15 is 0 Å². The molecule has 0 spiro atoms. The van der Waals surface area contributed by atoms with Crippen molar-refractivity contribution in [1.29, 1.82) is 0 Å². The minimum absolute atomic E-state index is 0.291. The van der Waals surface area contributed by atoms with Crippen LogP contribution in [0.2, 0.25) is 0 Å². The third kappa shape index (κ3) is 3.48. The standard InChI is InChI=1S/C16H20N2O2S/c1-19-16(20-2)12-3-7-15(8-4-12)21-10-14-9-17-11-18(14)13-5-6-13/h3-4,7-9,11,13,16H,5-6,10H2,1-2H3. The lowest BCUT2D eigenvalue weighted by atomic mass is 10.2. The second-order valence-corrected chi connectivity index (χ2v) is 6.23. The van der Waals surface area contributed by atoms with Gasteiger partial charge in [0.25, 0.3) is 0 Å². The van der Waals surface area contributed by atoms with Crippen molar-refractivity contribution < 1.29 is 9.47 Å². The Labute approximate surface area is 129 Å². The first-order valence-corrected chi connectivity index (χ1v) is 8.09. The molecular formula is C16H20N2O2S. The summed E-state index contributed by atoms with van der Waals surface area (Å²) < 4.78 is 12.8. The monoisotopic (exact) mass is 304 g/mol. The van der Waals surface area contributed by atoms with Gasteiger partial charge in [0.15, 0.2) is 6.29 Å². The van der Waals surface area contributed by atoms with Crippen molar-refractivity contribution in [3.8, 4) is 0 Å². The molecule has 21 heavy (non-hydrogen) atoms. The zero-order valence-corrected chi connectivity index (χ0v) is 13.2. The van der Waals surface area contributed by atoms with Crippen LogP contribution in [-0.2, 0) is 15.2 Å². The van der Waals surface area contributed by atoms with Gasteiger partial charge in [-0.15, -0.1) is 11.8 Å². The third-order valence-corrected chi connectivity index (χ3v) is 4.70. The number of ether oxygens (including phenoxy) is 2. The maximum absolute atomic E-state index is 5.25. The summed E-state index contributed by atoms with van der Waals surface area (Å²) in [6.07, 6.45) is 6.22. The van der Waals surface area contributed by atoms with Gasteiger partial charge in [-0.2, -0.15) is 0 Å². The Hall–Kier alpha value is -1.30. The summed E-state index contributed by atoms with van der Waals surface area (Å²) in [6.45, 7) is 0. The molecule has 0 unspecified atom stereocenters. The van der Waals surface area contributed by atoms with Crippen LogP contribution in [0.1, 0.15) is 36.4 Å². The highest BCUT2D eigenvalue weighted by Gasteiger charge is 2.25. The summed E-state index contributed by atoms with van der Waals surface area (Å²) in [7, 11) is 3.30. The summed E-state index contributed by atoms with van der Waals surface area (Å²) >= 11 is 1.83. The van der Waals surface area contributed by atoms with Crippen LogP contribution in [0.15, 0.2) is 41.7 Å². The van der Waals surface area contributed by atoms with Crippen molar-refractivity contribution in [2.75, 3.05) is 14.2 Å². The van der Waals surface area contributed by atoms with Gasteiger partial charge in [0.05, 0.1) is 6.33 Å². The fraction of sp³-hybridized carbons (Fsp3) is 0.438. The van der Waals surface area contributed by atoms with E-state index in [9.17, 15) is 0 Å². The maximum atomic E-state index is 5.25. The van der Waals surface area contributed by atoms with Crippen molar-refractivity contribution in [2.24, 2.45) is 0 Å². The predicted octanol–water partition coefficient (Wildman–Crippen LogP) is 3.80. The molecule has 1 aliphatic carbocycles. The minimum Gasteiger partial charge on any atom is -0.352 e. The predicted molar refractivity (Wildman–Crippen MR) is 83.3 cm³/mol. The van der Waals surface area contributed by atoms with Gasteiger partial charge in [-0.3, -0.25) is 0 Å². The van der Waals surface area contributed by atoms with Crippen LogP contribution >= 0.6 is 11.8 Å². The Morgan fingerprint density at radius 2 is 1.95 bits per heavy atom. The van der Waals surface area contributed by atoms with Gasteiger partial charge in [0.1, 0.15) is 0 Å². The van der Waals surface area contributed by atoms with Crippen LogP contribution in [0.5, 0.6) is 0 Å². The Bertz CT molecular complexity index is 574. The molecule has 0 bridgehead atoms. The van der Waals surface area contributed by atoms with Gasteiger partial charge in [-0.1, -0.05) is 12.1 Å². The highest BCUT2D eigenvalue weighted by atomic mass is 32.2. The number of nitrogens with zero attached hydrogens (tertiary/aromatic N) is 2. The quantitative estimate of drug-likeness (QED) is 0.576. The second kappa shape index (κ2) is 6.64. The van der Waals surface area contributed by atoms with E-state index in [1.54, 1.807) is 14.2 Å². The molecule has 3 rings (SSSR count). The number of hydrogen-bond acceptors (Lipinski definition) is 4. The second-order valence-electron chi connectivity index (χ2n) is 5.18. The molecule has 0 atom stereocenters. The van der Waals surface area contributed by atoms with E-state index < -0.39 is 0 Å². The molecule has 1 aromatic carbocycles. The van der Waals surface area contributed by atoms with E-state index in [-0.39, 0.29) is 6.29 Å². The SMILES string of the molecule is COC(OC)c1ccc(SCc2cncn2C2CC2)cc1. The van der Waals surface area contributed by atoms with Gasteiger partial charge in [-0.05, 0) is 25.0 Å². The molecule has 1 heterocycles. The highest BCUT2D eigenvalue weighted by molar-refractivity contribution is 7.98. The highest BCUT2D eigenvalue weighted by Crippen LogP contribution is 2.37. The molecule has 1 fully saturated rings. The molecule has 0 N–H and O–H groups in total. The summed E-state index contributed by atoms with van der Waals surface area (Å²) in [5, 5.41) is 0. The van der Waals surface area contributed by atoms with Crippen LogP contribution in [-0.4, -0.2) is 23.8 Å². The molecule has 1 saturated carbocycles. The smallest absolute Gasteiger partial charge is 0.183 e. The van der Waals surface area contributed by atoms with Gasteiger partial charge in [0.2, 0.25) is 0 Å². The third-order valence-electron chi connectivity index (χ3n) is 3.65. The van der Waals surface area contributed by atoms with Crippen LogP contribution in [0.25, 0.3) is 0 Å². The van der Waals surface area contributed by atoms with E-state index in [2.05, 4.69) is 33.8 Å². The normalized spacial score (nSPS) is 14.8. The summed E-state index contributed by atoms with van der Waals surface area (Å²) in [4.78, 5) is 5.52. The molecule has 2 aromatic rings. The van der Waals surface area contributed by atoms with E-state index in [4.69, 9.17) is 9.47 Å². The van der Waals surface area contributed by atoms with Crippen molar-refractivity contribution in [3.05, 3.63) is 48.0 Å². The molecule has 1 aromatic heterocycles. The van der Waals surface area contributed by atoms with E-state index in [0.29, 0.717) is 6.04 Å². The number of rotatable bonds is 7. The Balaban J connectivity index is 1.61. The summed E-state index contributed by atoms with van der Waals surface area (Å²) in [5.74, 6) is 0.952. The number of aromatic nitrogens is 2. The van der Waals surface area contributed by atoms with E-state index in [0.717, 1.165) is 11.3 Å². The molecule has 112 valence electrons. The van der Waals surface area contributed by atoms with Crippen molar-refractivity contribution in [1.82, 2.24) is 9.55 Å². The molecule has 0 amide bonds. The molecule has 5 heteroatoms. The average molecular weight is 304 g/mol. The maximum Gasteiger partial charge on any atom is 0.183 e. The lowest BCUT2D eigenvalue weighted by molar-refractivity contribution is -0.106. The number of benzene rings is 1. The Morgan fingerprint density at radius 3 is 2.57 bits per heavy atom. The van der Waals surface area contributed by atoms with E-state index in [1.165, 1.54) is 23.4 Å². The molecular weight excluding hydrogens is 284 g/mol. The lowest BCUT2D eigenvalue weighted by Crippen LogP contribution is -2.03. The van der Waals surface area contributed by atoms with Crippen LogP contribution in [0.3, 0.4) is 0 Å². The first-order valence-electron chi connectivity index (χ1n) is 7.11. The number of imidazole rings is 1. The molecule has 1 aliphatic rings. The van der Waals surface area contributed by atoms with Gasteiger partial charge >= 0.3 is 0 Å². The Kier molecular flexibility index (Phi) is 4.63. The first kappa shape index (κ1) is 14.6. The Morgan fingerprint density at radius 1 is 1.24 bits per heavy atom. The number of methoxy groups -OCH3 is 2. The molecule has 0 saturated heterocycles. The minimum atomic E-state index is -0.291. The zero-order chi connectivity index (χ0) is 14.7. The number of hydrogen-bond donors (Lipinski definition) is 0. The largest absolute Gasteiger partial charge is 0.352 e. The summed E-state index contributed by atoms with van der Waals surface area (Å²) in [6, 6.07) is 9.02. The lowest BCUT2D eigenvalue weighted by Gasteiger charge is -2.14. The fourth-order valence-electron chi connectivity index (χ4n) is 2.37. The molecule has 0 radical (unpaired) electrons. The van der Waals surface area contributed by atoms with Crippen molar-refractivity contribution >= 4 is 11.8 Å². The summed E-state index contributed by atoms with van der Waals surface area (Å²) in [5.41, 5.74) is 2.34. The van der Waals surface area contributed by atoms with Gasteiger partial charge in [-0.25, -0.2) is 4.98 Å².